The summed E-state index contributed by atoms with van der Waals surface area (Å²) in [6, 6.07) is 11.6. The molecule has 2 heteroatoms. The fraction of sp³-hybridized carbons (Fsp3) is 0.744. The molecule has 6 saturated carbocycles. The molecule has 14 atom stereocenters. The molecule has 0 radical (unpaired) electrons. The lowest BCUT2D eigenvalue weighted by molar-refractivity contribution is -0.140. The van der Waals surface area contributed by atoms with Crippen molar-refractivity contribution in [1.29, 1.82) is 0 Å². The lowest BCUT2D eigenvalue weighted by atomic mass is 9.44. The zero-order chi connectivity index (χ0) is 27.7. The van der Waals surface area contributed by atoms with Gasteiger partial charge in [0.25, 0.3) is 0 Å². The van der Waals surface area contributed by atoms with Crippen LogP contribution in [0.1, 0.15) is 108 Å². The Labute approximate surface area is 248 Å². The van der Waals surface area contributed by atoms with Crippen LogP contribution in [0.15, 0.2) is 42.5 Å². The van der Waals surface area contributed by atoms with Crippen molar-refractivity contribution in [2.24, 2.45) is 76.9 Å². The van der Waals surface area contributed by atoms with Gasteiger partial charge >= 0.3 is 0 Å². The van der Waals surface area contributed by atoms with Crippen molar-refractivity contribution in [3.05, 3.63) is 48.0 Å². The molecule has 41 heavy (non-hydrogen) atoms. The summed E-state index contributed by atoms with van der Waals surface area (Å²) < 4.78 is 0. The number of Topliss-reactive ketones (excluding diaryl/α,β-unsaturated/α-hetero) is 2. The van der Waals surface area contributed by atoms with E-state index in [2.05, 4.69) is 49.4 Å². The first-order valence-corrected chi connectivity index (χ1v) is 17.9. The van der Waals surface area contributed by atoms with Crippen LogP contribution in [0.3, 0.4) is 0 Å². The minimum atomic E-state index is 0.0388. The SMILES string of the molecule is CC1C(C2CC=CCC2)CCC(c2ccccc2)CC2CCCC3C4CC5C(=O)C(=O)C6CCCC(C4CC1C23)C65. The third-order valence-corrected chi connectivity index (χ3v) is 14.7. The quantitative estimate of drug-likeness (QED) is 0.271. The number of fused-ring (bicyclic) bond motifs is 3. The standard InChI is InChI=1S/C39H52O2/c1-23-28(25-12-6-3-7-13-25)19-18-26(24-10-4-2-5-11-24)20-27-14-8-15-29-34-22-35-37-30(33(34)21-32(23)36(27)29)16-9-17-31(37)38(40)39(35)41/h2-6,10-11,23,25-37H,7-9,12-22H2,1H3. The molecule has 220 valence electrons. The van der Waals surface area contributed by atoms with E-state index in [-0.39, 0.29) is 23.4 Å². The lowest BCUT2D eigenvalue weighted by Gasteiger charge is -2.61. The number of hydrogen-bond acceptors (Lipinski definition) is 2. The summed E-state index contributed by atoms with van der Waals surface area (Å²) in [6.07, 6.45) is 23.1. The molecule has 0 bridgehead atoms. The van der Waals surface area contributed by atoms with E-state index in [1.165, 1.54) is 77.0 Å². The highest BCUT2D eigenvalue weighted by Crippen LogP contribution is 2.66. The first-order valence-electron chi connectivity index (χ1n) is 17.9. The van der Waals surface area contributed by atoms with Gasteiger partial charge in [-0.1, -0.05) is 68.7 Å². The van der Waals surface area contributed by atoms with Crippen LogP contribution in [0, 0.1) is 76.9 Å². The monoisotopic (exact) mass is 552 g/mol. The maximum atomic E-state index is 13.4. The predicted octanol–water partition coefficient (Wildman–Crippen LogP) is 9.05. The molecule has 7 aliphatic rings. The van der Waals surface area contributed by atoms with Crippen molar-refractivity contribution >= 4 is 11.6 Å². The fourth-order valence-electron chi connectivity index (χ4n) is 13.3. The van der Waals surface area contributed by atoms with Crippen LogP contribution in [0.2, 0.25) is 0 Å². The highest BCUT2D eigenvalue weighted by Gasteiger charge is 2.63. The summed E-state index contributed by atoms with van der Waals surface area (Å²) in [4.78, 5) is 26.5. The Morgan fingerprint density at radius 2 is 1.34 bits per heavy atom. The molecule has 2 nitrogen and oxygen atoms in total. The van der Waals surface area contributed by atoms with Gasteiger partial charge in [-0.2, -0.15) is 0 Å². The molecule has 7 aliphatic carbocycles. The number of carbonyl (C=O) groups is 2. The highest BCUT2D eigenvalue weighted by molar-refractivity contribution is 6.41. The Bertz CT molecular complexity index is 1170. The molecule has 6 fully saturated rings. The molecule has 14 unspecified atom stereocenters. The van der Waals surface area contributed by atoms with E-state index in [1.54, 1.807) is 5.56 Å². The molecule has 8 rings (SSSR count). The molecule has 0 aromatic heterocycles. The van der Waals surface area contributed by atoms with Crippen LogP contribution in [-0.4, -0.2) is 11.6 Å². The Hall–Kier alpha value is -1.70. The summed E-state index contributed by atoms with van der Waals surface area (Å²) in [5, 5.41) is 0. The lowest BCUT2D eigenvalue weighted by Crippen LogP contribution is -2.55. The van der Waals surface area contributed by atoms with Crippen LogP contribution in [0.4, 0.5) is 0 Å². The zero-order valence-electron chi connectivity index (χ0n) is 25.3. The second kappa shape index (κ2) is 10.8. The maximum absolute atomic E-state index is 13.4. The van der Waals surface area contributed by atoms with E-state index in [9.17, 15) is 9.59 Å². The Kier molecular flexibility index (Phi) is 7.07. The van der Waals surface area contributed by atoms with E-state index in [0.29, 0.717) is 23.7 Å². The van der Waals surface area contributed by atoms with Gasteiger partial charge in [0.1, 0.15) is 0 Å². The van der Waals surface area contributed by atoms with E-state index in [1.807, 2.05) is 0 Å². The van der Waals surface area contributed by atoms with Crippen LogP contribution >= 0.6 is 0 Å². The van der Waals surface area contributed by atoms with E-state index in [0.717, 1.165) is 60.2 Å². The van der Waals surface area contributed by atoms with Crippen LogP contribution in [0.25, 0.3) is 0 Å². The summed E-state index contributed by atoms with van der Waals surface area (Å²) in [7, 11) is 0. The van der Waals surface area contributed by atoms with Gasteiger partial charge in [-0.05, 0) is 147 Å². The van der Waals surface area contributed by atoms with Crippen molar-refractivity contribution < 1.29 is 9.59 Å². The minimum Gasteiger partial charge on any atom is -0.291 e. The second-order valence-electron chi connectivity index (χ2n) is 16.0. The van der Waals surface area contributed by atoms with E-state index >= 15 is 0 Å². The molecule has 1 aromatic carbocycles. The van der Waals surface area contributed by atoms with Crippen molar-refractivity contribution in [2.45, 2.75) is 103 Å². The molecule has 0 amide bonds. The third kappa shape index (κ3) is 4.38. The molecule has 1 aromatic rings. The van der Waals surface area contributed by atoms with Gasteiger partial charge in [-0.15, -0.1) is 0 Å². The third-order valence-electron chi connectivity index (χ3n) is 14.7. The summed E-state index contributed by atoms with van der Waals surface area (Å²) in [6.45, 7) is 2.71. The first-order chi connectivity index (χ1) is 20.1. The van der Waals surface area contributed by atoms with Gasteiger partial charge in [0.05, 0.1) is 0 Å². The van der Waals surface area contributed by atoms with Gasteiger partial charge in [-0.25, -0.2) is 0 Å². The molecule has 0 saturated heterocycles. The van der Waals surface area contributed by atoms with Crippen molar-refractivity contribution in [2.75, 3.05) is 0 Å². The number of ketones is 2. The van der Waals surface area contributed by atoms with Crippen LogP contribution < -0.4 is 0 Å². The number of allylic oxidation sites excluding steroid dienone is 2. The van der Waals surface area contributed by atoms with Gasteiger partial charge < -0.3 is 0 Å². The summed E-state index contributed by atoms with van der Waals surface area (Å²) in [5.74, 6) is 9.18. The molecule has 0 heterocycles. The number of benzene rings is 1. The highest BCUT2D eigenvalue weighted by atomic mass is 16.2. The van der Waals surface area contributed by atoms with Crippen molar-refractivity contribution in [1.82, 2.24) is 0 Å². The van der Waals surface area contributed by atoms with E-state index in [4.69, 9.17) is 0 Å². The smallest absolute Gasteiger partial charge is 0.202 e. The number of hydrogen-bond donors (Lipinski definition) is 0. The second-order valence-corrected chi connectivity index (χ2v) is 16.0. The number of rotatable bonds is 2. The molecular formula is C39H52O2. The van der Waals surface area contributed by atoms with Gasteiger partial charge in [0, 0.05) is 11.8 Å². The number of carbonyl (C=O) groups excluding carboxylic acids is 2. The predicted molar refractivity (Wildman–Crippen MR) is 164 cm³/mol. The molecule has 0 spiro atoms. The summed E-state index contributed by atoms with van der Waals surface area (Å²) >= 11 is 0. The first kappa shape index (κ1) is 26.9. The average molecular weight is 553 g/mol. The van der Waals surface area contributed by atoms with E-state index < -0.39 is 0 Å². The Balaban J connectivity index is 1.18. The Morgan fingerprint density at radius 3 is 2.15 bits per heavy atom. The zero-order valence-corrected chi connectivity index (χ0v) is 25.3. The maximum Gasteiger partial charge on any atom is 0.202 e. The van der Waals surface area contributed by atoms with Crippen LogP contribution in [-0.2, 0) is 9.59 Å². The molecule has 0 N–H and O–H groups in total. The summed E-state index contributed by atoms with van der Waals surface area (Å²) in [5.41, 5.74) is 1.58. The minimum absolute atomic E-state index is 0.0388. The molecular weight excluding hydrogens is 500 g/mol. The largest absolute Gasteiger partial charge is 0.291 e. The fourth-order valence-corrected chi connectivity index (χ4v) is 13.3. The van der Waals surface area contributed by atoms with Gasteiger partial charge in [-0.3, -0.25) is 9.59 Å². The van der Waals surface area contributed by atoms with Gasteiger partial charge in [0.2, 0.25) is 11.6 Å². The Morgan fingerprint density at radius 1 is 0.585 bits per heavy atom. The molecule has 0 aliphatic heterocycles. The average Bonchev–Trinajstić information content (AvgIpc) is 3.29. The van der Waals surface area contributed by atoms with Crippen LogP contribution in [0.5, 0.6) is 0 Å². The normalized spacial score (nSPS) is 49.2. The topological polar surface area (TPSA) is 34.1 Å². The van der Waals surface area contributed by atoms with Crippen molar-refractivity contribution in [3.8, 4) is 0 Å². The van der Waals surface area contributed by atoms with Gasteiger partial charge in [0.15, 0.2) is 0 Å². The van der Waals surface area contributed by atoms with Crippen molar-refractivity contribution in [3.63, 3.8) is 0 Å².